The molecule has 0 aliphatic heterocycles. The lowest BCUT2D eigenvalue weighted by molar-refractivity contribution is 0.310. The molecule has 4 aromatic rings. The number of fused-ring (bicyclic) bond motifs is 1. The second-order valence-electron chi connectivity index (χ2n) is 5.15. The molecule has 0 bridgehead atoms. The summed E-state index contributed by atoms with van der Waals surface area (Å²) in [5, 5.41) is 16.1. The molecular weight excluding hydrogens is 327 g/mol. The van der Waals surface area contributed by atoms with Crippen molar-refractivity contribution in [2.75, 3.05) is 5.73 Å². The first-order valence-corrected chi connectivity index (χ1v) is 7.11. The molecule has 1 aromatic carbocycles. The van der Waals surface area contributed by atoms with Crippen LogP contribution in [-0.4, -0.2) is 29.8 Å². The van der Waals surface area contributed by atoms with Crippen LogP contribution in [0.2, 0.25) is 0 Å². The van der Waals surface area contributed by atoms with E-state index in [-0.39, 0.29) is 29.4 Å². The highest BCUT2D eigenvalue weighted by molar-refractivity contribution is 5.82. The molecule has 0 fully saturated rings. The summed E-state index contributed by atoms with van der Waals surface area (Å²) in [7, 11) is 0. The summed E-state index contributed by atoms with van der Waals surface area (Å²) in [6, 6.07) is 6.42. The Labute approximate surface area is 139 Å². The van der Waals surface area contributed by atoms with E-state index < -0.39 is 5.82 Å². The average Bonchev–Trinajstić information content (AvgIpc) is 3.20. The SMILES string of the molecule is N#Cc1ncc(Cn2c(-c3nonc3N)nc3cccc(F)c32)cn1. The Balaban J connectivity index is 1.91. The summed E-state index contributed by atoms with van der Waals surface area (Å²) >= 11 is 0. The molecule has 0 unspecified atom stereocenters. The molecule has 0 aliphatic rings. The van der Waals surface area contributed by atoms with Crippen LogP contribution in [0.25, 0.3) is 22.6 Å². The van der Waals surface area contributed by atoms with Crippen LogP contribution in [0.15, 0.2) is 35.2 Å². The van der Waals surface area contributed by atoms with Crippen molar-refractivity contribution in [1.29, 1.82) is 5.26 Å². The highest BCUT2D eigenvalue weighted by Gasteiger charge is 2.21. The minimum Gasteiger partial charge on any atom is -0.379 e. The van der Waals surface area contributed by atoms with Crippen LogP contribution in [-0.2, 0) is 6.54 Å². The van der Waals surface area contributed by atoms with Gasteiger partial charge >= 0.3 is 0 Å². The van der Waals surface area contributed by atoms with Gasteiger partial charge in [-0.25, -0.2) is 24.0 Å². The third kappa shape index (κ3) is 2.43. The van der Waals surface area contributed by atoms with Gasteiger partial charge in [-0.2, -0.15) is 5.26 Å². The molecule has 4 rings (SSSR count). The molecule has 0 saturated carbocycles. The van der Waals surface area contributed by atoms with Crippen molar-refractivity contribution < 1.29 is 9.02 Å². The molecule has 0 spiro atoms. The molecule has 9 nitrogen and oxygen atoms in total. The Bertz CT molecular complexity index is 1110. The first-order valence-electron chi connectivity index (χ1n) is 7.11. The molecule has 0 radical (unpaired) electrons. The smallest absolute Gasteiger partial charge is 0.232 e. The predicted molar refractivity (Wildman–Crippen MR) is 83.2 cm³/mol. The van der Waals surface area contributed by atoms with E-state index >= 15 is 0 Å². The van der Waals surface area contributed by atoms with Crippen molar-refractivity contribution >= 4 is 16.9 Å². The van der Waals surface area contributed by atoms with Crippen molar-refractivity contribution in [3.63, 3.8) is 0 Å². The fourth-order valence-corrected chi connectivity index (χ4v) is 2.50. The van der Waals surface area contributed by atoms with Crippen molar-refractivity contribution in [3.05, 3.63) is 47.8 Å². The first-order chi connectivity index (χ1) is 12.2. The summed E-state index contributed by atoms with van der Waals surface area (Å²) in [5.41, 5.74) is 7.34. The third-order valence-electron chi connectivity index (χ3n) is 3.59. The molecular formula is C15H9FN8O. The van der Waals surface area contributed by atoms with Gasteiger partial charge < -0.3 is 10.3 Å². The maximum absolute atomic E-state index is 14.4. The van der Waals surface area contributed by atoms with Crippen LogP contribution in [0.4, 0.5) is 10.2 Å². The van der Waals surface area contributed by atoms with Gasteiger partial charge in [0.2, 0.25) is 5.82 Å². The molecule has 3 heterocycles. The lowest BCUT2D eigenvalue weighted by Gasteiger charge is -2.08. The van der Waals surface area contributed by atoms with Gasteiger partial charge in [0, 0.05) is 18.0 Å². The van der Waals surface area contributed by atoms with Crippen molar-refractivity contribution in [2.24, 2.45) is 0 Å². The van der Waals surface area contributed by atoms with Crippen LogP contribution in [0.5, 0.6) is 0 Å². The highest BCUT2D eigenvalue weighted by Crippen LogP contribution is 2.28. The topological polar surface area (TPSA) is 132 Å². The Morgan fingerprint density at radius 1 is 1.24 bits per heavy atom. The van der Waals surface area contributed by atoms with E-state index in [1.165, 1.54) is 18.5 Å². The van der Waals surface area contributed by atoms with E-state index in [1.807, 2.05) is 6.07 Å². The van der Waals surface area contributed by atoms with E-state index in [1.54, 1.807) is 16.7 Å². The number of nitrogens with two attached hydrogens (primary N) is 1. The highest BCUT2D eigenvalue weighted by atomic mass is 19.1. The van der Waals surface area contributed by atoms with Gasteiger partial charge in [-0.05, 0) is 22.4 Å². The van der Waals surface area contributed by atoms with Crippen LogP contribution in [0.1, 0.15) is 11.4 Å². The van der Waals surface area contributed by atoms with Gasteiger partial charge in [0.25, 0.3) is 0 Å². The number of nitrogen functional groups attached to an aromatic ring is 1. The predicted octanol–water partition coefficient (Wildman–Crippen LogP) is 1.52. The zero-order valence-electron chi connectivity index (χ0n) is 12.6. The Hall–Kier alpha value is -3.87. The Morgan fingerprint density at radius 2 is 2.04 bits per heavy atom. The maximum atomic E-state index is 14.4. The lowest BCUT2D eigenvalue weighted by atomic mass is 10.2. The molecule has 0 atom stereocenters. The van der Waals surface area contributed by atoms with E-state index in [2.05, 4.69) is 29.9 Å². The van der Waals surface area contributed by atoms with Crippen LogP contribution in [0.3, 0.4) is 0 Å². The van der Waals surface area contributed by atoms with Gasteiger partial charge in [-0.3, -0.25) is 0 Å². The molecule has 3 aromatic heterocycles. The van der Waals surface area contributed by atoms with Crippen LogP contribution < -0.4 is 5.73 Å². The van der Waals surface area contributed by atoms with E-state index in [0.29, 0.717) is 16.9 Å². The number of imidazole rings is 1. The number of para-hydroxylation sites is 1. The zero-order valence-corrected chi connectivity index (χ0v) is 12.6. The lowest BCUT2D eigenvalue weighted by Crippen LogP contribution is -2.06. The molecule has 0 saturated heterocycles. The van der Waals surface area contributed by atoms with Crippen molar-refractivity contribution in [2.45, 2.75) is 6.54 Å². The number of rotatable bonds is 3. The molecule has 0 aliphatic carbocycles. The minimum atomic E-state index is -0.444. The van der Waals surface area contributed by atoms with E-state index in [4.69, 9.17) is 11.0 Å². The number of nitrogens with zero attached hydrogens (tertiary/aromatic N) is 7. The third-order valence-corrected chi connectivity index (χ3v) is 3.59. The van der Waals surface area contributed by atoms with Crippen LogP contribution in [0, 0.1) is 17.1 Å². The number of anilines is 1. The summed E-state index contributed by atoms with van der Waals surface area (Å²) in [6.07, 6.45) is 2.98. The molecule has 25 heavy (non-hydrogen) atoms. The van der Waals surface area contributed by atoms with Crippen molar-refractivity contribution in [1.82, 2.24) is 29.8 Å². The minimum absolute atomic E-state index is 0.0491. The number of benzene rings is 1. The Morgan fingerprint density at radius 3 is 2.72 bits per heavy atom. The number of nitriles is 1. The van der Waals surface area contributed by atoms with Gasteiger partial charge in [-0.1, -0.05) is 6.07 Å². The largest absolute Gasteiger partial charge is 0.379 e. The molecule has 122 valence electrons. The summed E-state index contributed by atoms with van der Waals surface area (Å²) in [4.78, 5) is 12.2. The van der Waals surface area contributed by atoms with Gasteiger partial charge in [0.15, 0.2) is 17.3 Å². The average molecular weight is 336 g/mol. The monoisotopic (exact) mass is 336 g/mol. The Kier molecular flexibility index (Phi) is 3.32. The zero-order chi connectivity index (χ0) is 17.4. The summed E-state index contributed by atoms with van der Waals surface area (Å²) in [6.45, 7) is 0.199. The van der Waals surface area contributed by atoms with E-state index in [9.17, 15) is 4.39 Å². The number of hydrogen-bond donors (Lipinski definition) is 1. The fourth-order valence-electron chi connectivity index (χ4n) is 2.50. The number of hydrogen-bond acceptors (Lipinski definition) is 8. The number of halogens is 1. The maximum Gasteiger partial charge on any atom is 0.232 e. The molecule has 0 amide bonds. The van der Waals surface area contributed by atoms with Gasteiger partial charge in [0.05, 0.1) is 12.1 Å². The quantitative estimate of drug-likeness (QED) is 0.595. The second kappa shape index (κ2) is 5.64. The fraction of sp³-hybridized carbons (Fsp3) is 0.0667. The number of aromatic nitrogens is 6. The molecule has 10 heteroatoms. The van der Waals surface area contributed by atoms with Gasteiger partial charge in [0.1, 0.15) is 17.4 Å². The summed E-state index contributed by atoms with van der Waals surface area (Å²) in [5.74, 6) is -0.0346. The summed E-state index contributed by atoms with van der Waals surface area (Å²) < 4.78 is 20.6. The van der Waals surface area contributed by atoms with Gasteiger partial charge in [-0.15, -0.1) is 0 Å². The van der Waals surface area contributed by atoms with Crippen molar-refractivity contribution in [3.8, 4) is 17.6 Å². The molecule has 2 N–H and O–H groups in total. The standard InChI is InChI=1S/C15H9FN8O/c16-9-2-1-3-10-13(9)24(7-8-5-19-11(4-17)20-6-8)15(21-10)12-14(18)23-25-22-12/h1-3,5-6H,7H2,(H2,18,23). The van der Waals surface area contributed by atoms with E-state index in [0.717, 1.165) is 0 Å². The second-order valence-corrected chi connectivity index (χ2v) is 5.15. The normalized spacial score (nSPS) is 10.9. The first kappa shape index (κ1) is 14.7. The van der Waals surface area contributed by atoms with Crippen LogP contribution >= 0.6 is 0 Å².